The van der Waals surface area contributed by atoms with Crippen molar-refractivity contribution in [2.45, 2.75) is 6.42 Å². The van der Waals surface area contributed by atoms with E-state index in [4.69, 9.17) is 5.11 Å². The van der Waals surface area contributed by atoms with Gasteiger partial charge >= 0.3 is 0 Å². The Balaban J connectivity index is 2.03. The summed E-state index contributed by atoms with van der Waals surface area (Å²) in [5.41, 5.74) is 3.39. The molecule has 2 heterocycles. The molecule has 1 aliphatic rings. The molecule has 0 saturated heterocycles. The molecular weight excluding hydrogens is 232 g/mol. The van der Waals surface area contributed by atoms with Crippen LogP contribution in [-0.2, 0) is 18.3 Å². The van der Waals surface area contributed by atoms with Crippen LogP contribution in [0, 0.1) is 0 Å². The van der Waals surface area contributed by atoms with Crippen molar-refractivity contribution in [1.29, 1.82) is 0 Å². The van der Waals surface area contributed by atoms with E-state index in [1.54, 1.807) is 13.2 Å². The minimum absolute atomic E-state index is 0.0798. The summed E-state index contributed by atoms with van der Waals surface area (Å²) in [4.78, 5) is 14.5. The van der Waals surface area contributed by atoms with Gasteiger partial charge in [-0.15, -0.1) is 0 Å². The summed E-state index contributed by atoms with van der Waals surface area (Å²) in [7, 11) is 1.76. The van der Waals surface area contributed by atoms with Crippen LogP contribution in [0.3, 0.4) is 0 Å². The molecule has 0 bridgehead atoms. The highest BCUT2D eigenvalue weighted by Gasteiger charge is 2.26. The molecule has 1 aliphatic heterocycles. The van der Waals surface area contributed by atoms with Crippen LogP contribution in [0.4, 0.5) is 5.69 Å². The summed E-state index contributed by atoms with van der Waals surface area (Å²) < 4.78 is 0. The van der Waals surface area contributed by atoms with Crippen LogP contribution in [-0.4, -0.2) is 32.7 Å². The summed E-state index contributed by atoms with van der Waals surface area (Å²) in [6.07, 6.45) is 2.01. The van der Waals surface area contributed by atoms with Gasteiger partial charge in [-0.05, 0) is 17.7 Å². The van der Waals surface area contributed by atoms with Crippen LogP contribution in [0.5, 0.6) is 0 Å². The summed E-state index contributed by atoms with van der Waals surface area (Å²) in [5, 5.41) is 17.4. The van der Waals surface area contributed by atoms with Gasteiger partial charge in [-0.2, -0.15) is 15.0 Å². The van der Waals surface area contributed by atoms with Crippen molar-refractivity contribution in [1.82, 2.24) is 15.0 Å². The second-order valence-corrected chi connectivity index (χ2v) is 4.20. The predicted octanol–water partition coefficient (Wildman–Crippen LogP) is 0.321. The van der Waals surface area contributed by atoms with Crippen LogP contribution in [0.1, 0.15) is 5.56 Å². The number of benzene rings is 1. The minimum Gasteiger partial charge on any atom is -0.376 e. The SMILES string of the molecule is Cn1ncc(-c2ccc3c(c2)CC(=O)N3CO)n1. The molecule has 2 aromatic rings. The molecule has 0 atom stereocenters. The van der Waals surface area contributed by atoms with Gasteiger partial charge in [0, 0.05) is 18.3 Å². The van der Waals surface area contributed by atoms with Gasteiger partial charge in [0.2, 0.25) is 5.91 Å². The minimum atomic E-state index is -0.281. The Hall–Kier alpha value is -2.21. The fourth-order valence-corrected chi connectivity index (χ4v) is 2.18. The largest absolute Gasteiger partial charge is 0.376 e. The lowest BCUT2D eigenvalue weighted by atomic mass is 10.1. The Morgan fingerprint density at radius 1 is 1.44 bits per heavy atom. The number of anilines is 1. The molecule has 0 radical (unpaired) electrons. The quantitative estimate of drug-likeness (QED) is 0.826. The number of carbonyl (C=O) groups is 1. The first-order chi connectivity index (χ1) is 8.69. The lowest BCUT2D eigenvalue weighted by Crippen LogP contribution is -2.27. The third-order valence-corrected chi connectivity index (χ3v) is 3.05. The van der Waals surface area contributed by atoms with Crippen molar-refractivity contribution in [2.24, 2.45) is 7.05 Å². The van der Waals surface area contributed by atoms with Gasteiger partial charge in [0.25, 0.3) is 0 Å². The number of nitrogens with zero attached hydrogens (tertiary/aromatic N) is 4. The first-order valence-corrected chi connectivity index (χ1v) is 5.60. The molecule has 0 saturated carbocycles. The van der Waals surface area contributed by atoms with E-state index in [1.165, 1.54) is 9.70 Å². The number of hydrogen-bond donors (Lipinski definition) is 1. The lowest BCUT2D eigenvalue weighted by Gasteiger charge is -2.13. The normalized spacial score (nSPS) is 14.1. The first-order valence-electron chi connectivity index (χ1n) is 5.60. The van der Waals surface area contributed by atoms with Crippen molar-refractivity contribution in [2.75, 3.05) is 11.6 Å². The van der Waals surface area contributed by atoms with Crippen LogP contribution in [0.25, 0.3) is 11.3 Å². The van der Waals surface area contributed by atoms with E-state index >= 15 is 0 Å². The Labute approximate surface area is 103 Å². The lowest BCUT2D eigenvalue weighted by molar-refractivity contribution is -0.118. The molecule has 1 aromatic carbocycles. The Kier molecular flexibility index (Phi) is 2.38. The van der Waals surface area contributed by atoms with Crippen molar-refractivity contribution < 1.29 is 9.90 Å². The molecule has 0 spiro atoms. The molecule has 0 unspecified atom stereocenters. The number of carbonyl (C=O) groups excluding carboxylic acids is 1. The predicted molar refractivity (Wildman–Crippen MR) is 64.7 cm³/mol. The number of aliphatic hydroxyl groups is 1. The van der Waals surface area contributed by atoms with E-state index in [-0.39, 0.29) is 12.6 Å². The molecule has 92 valence electrons. The van der Waals surface area contributed by atoms with Crippen LogP contribution < -0.4 is 4.90 Å². The molecule has 3 rings (SSSR count). The average Bonchev–Trinajstić information content (AvgIpc) is 2.90. The molecule has 6 heteroatoms. The Morgan fingerprint density at radius 2 is 2.28 bits per heavy atom. The maximum Gasteiger partial charge on any atom is 0.233 e. The molecular formula is C12H12N4O2. The number of fused-ring (bicyclic) bond motifs is 1. The molecule has 0 aliphatic carbocycles. The average molecular weight is 244 g/mol. The van der Waals surface area contributed by atoms with Gasteiger partial charge in [-0.1, -0.05) is 6.07 Å². The summed E-state index contributed by atoms with van der Waals surface area (Å²) >= 11 is 0. The van der Waals surface area contributed by atoms with Crippen LogP contribution in [0.15, 0.2) is 24.4 Å². The number of aliphatic hydroxyl groups excluding tert-OH is 1. The fourth-order valence-electron chi connectivity index (χ4n) is 2.18. The second kappa shape index (κ2) is 3.92. The third kappa shape index (κ3) is 1.58. The molecule has 0 fully saturated rings. The summed E-state index contributed by atoms with van der Waals surface area (Å²) in [6, 6.07) is 5.64. The van der Waals surface area contributed by atoms with Gasteiger partial charge in [0.1, 0.15) is 12.4 Å². The standard InChI is InChI=1S/C12H12N4O2/c1-15-13-6-10(14-15)8-2-3-11-9(4-8)5-12(18)16(11)7-17/h2-4,6,17H,5,7H2,1H3. The molecule has 18 heavy (non-hydrogen) atoms. The molecule has 1 aromatic heterocycles. The summed E-state index contributed by atoms with van der Waals surface area (Å²) in [6.45, 7) is -0.281. The first kappa shape index (κ1) is 10.9. The summed E-state index contributed by atoms with van der Waals surface area (Å²) in [5.74, 6) is -0.0798. The monoisotopic (exact) mass is 244 g/mol. The zero-order valence-electron chi connectivity index (χ0n) is 9.87. The molecule has 1 N–H and O–H groups in total. The number of hydrogen-bond acceptors (Lipinski definition) is 4. The van der Waals surface area contributed by atoms with E-state index in [0.29, 0.717) is 6.42 Å². The number of aryl methyl sites for hydroxylation is 1. The Bertz CT molecular complexity index is 620. The highest BCUT2D eigenvalue weighted by atomic mass is 16.3. The van der Waals surface area contributed by atoms with Crippen molar-refractivity contribution >= 4 is 11.6 Å². The molecule has 6 nitrogen and oxygen atoms in total. The zero-order chi connectivity index (χ0) is 12.7. The Morgan fingerprint density at radius 3 is 2.94 bits per heavy atom. The maximum atomic E-state index is 11.6. The van der Waals surface area contributed by atoms with Crippen molar-refractivity contribution in [3.05, 3.63) is 30.0 Å². The van der Waals surface area contributed by atoms with Gasteiger partial charge in [-0.3, -0.25) is 9.69 Å². The third-order valence-electron chi connectivity index (χ3n) is 3.05. The van der Waals surface area contributed by atoms with E-state index in [0.717, 1.165) is 22.5 Å². The number of aromatic nitrogens is 3. The van der Waals surface area contributed by atoms with Crippen LogP contribution in [0.2, 0.25) is 0 Å². The van der Waals surface area contributed by atoms with Crippen molar-refractivity contribution in [3.8, 4) is 11.3 Å². The topological polar surface area (TPSA) is 71.2 Å². The van der Waals surface area contributed by atoms with Gasteiger partial charge in [0.15, 0.2) is 0 Å². The van der Waals surface area contributed by atoms with Crippen molar-refractivity contribution in [3.63, 3.8) is 0 Å². The van der Waals surface area contributed by atoms with E-state index in [2.05, 4.69) is 10.2 Å². The molecule has 1 amide bonds. The highest BCUT2D eigenvalue weighted by Crippen LogP contribution is 2.31. The van der Waals surface area contributed by atoms with Gasteiger partial charge < -0.3 is 5.11 Å². The van der Waals surface area contributed by atoms with E-state index < -0.39 is 0 Å². The van der Waals surface area contributed by atoms with Gasteiger partial charge in [-0.25, -0.2) is 0 Å². The van der Waals surface area contributed by atoms with E-state index in [1.807, 2.05) is 18.2 Å². The second-order valence-electron chi connectivity index (χ2n) is 4.20. The van der Waals surface area contributed by atoms with Crippen LogP contribution >= 0.6 is 0 Å². The maximum absolute atomic E-state index is 11.6. The smallest absolute Gasteiger partial charge is 0.233 e. The fraction of sp³-hybridized carbons (Fsp3) is 0.250. The van der Waals surface area contributed by atoms with Gasteiger partial charge in [0.05, 0.1) is 12.6 Å². The number of amides is 1. The number of rotatable bonds is 2. The zero-order valence-corrected chi connectivity index (χ0v) is 9.87. The van der Waals surface area contributed by atoms with E-state index in [9.17, 15) is 4.79 Å². The highest BCUT2D eigenvalue weighted by molar-refractivity contribution is 6.01.